The van der Waals surface area contributed by atoms with Crippen molar-refractivity contribution in [3.8, 4) is 0 Å². The summed E-state index contributed by atoms with van der Waals surface area (Å²) in [5.41, 5.74) is 3.31. The molecule has 0 aromatic heterocycles. The first-order valence-corrected chi connectivity index (χ1v) is 8.53. The van der Waals surface area contributed by atoms with Gasteiger partial charge in [0, 0.05) is 0 Å². The summed E-state index contributed by atoms with van der Waals surface area (Å²) >= 11 is 0. The molecule has 0 N–H and O–H groups in total. The highest BCUT2D eigenvalue weighted by Gasteiger charge is 2.23. The van der Waals surface area contributed by atoms with Gasteiger partial charge < -0.3 is 0 Å². The lowest BCUT2D eigenvalue weighted by atomic mass is 10.3. The predicted molar refractivity (Wildman–Crippen MR) is 60.3 cm³/mol. The summed E-state index contributed by atoms with van der Waals surface area (Å²) in [5, 5.41) is 0. The van der Waals surface area contributed by atoms with Crippen LogP contribution < -0.4 is 0 Å². The zero-order valence-corrected chi connectivity index (χ0v) is 9.67. The third-order valence-electron chi connectivity index (χ3n) is 2.54. The van der Waals surface area contributed by atoms with Crippen LogP contribution in [0.3, 0.4) is 0 Å². The average molecular weight is 198 g/mol. The molecule has 0 amide bonds. The molecular formula is C10H16P2. The molecule has 0 fully saturated rings. The topological polar surface area (TPSA) is 0 Å². The molecule has 2 heteroatoms. The molecule has 0 aromatic rings. The van der Waals surface area contributed by atoms with E-state index in [4.69, 9.17) is 0 Å². The standard InChI is InChI=1S/C10H16P2/c1-9-3-5-11(7-9)12-6-4-10(2)8-12/h7-8H,3-6H2,1-2H3. The van der Waals surface area contributed by atoms with Gasteiger partial charge in [-0.2, -0.15) is 0 Å². The smallest absolute Gasteiger partial charge is 0.0212 e. The molecule has 0 aliphatic carbocycles. The Morgan fingerprint density at radius 2 is 1.33 bits per heavy atom. The Bertz CT molecular complexity index is 214. The highest BCUT2D eigenvalue weighted by molar-refractivity contribution is 8.32. The van der Waals surface area contributed by atoms with Crippen molar-refractivity contribution in [1.29, 1.82) is 0 Å². The zero-order valence-electron chi connectivity index (χ0n) is 7.88. The largest absolute Gasteiger partial charge is 0.0721 e. The van der Waals surface area contributed by atoms with E-state index < -0.39 is 0 Å². The van der Waals surface area contributed by atoms with E-state index in [2.05, 4.69) is 25.5 Å². The second kappa shape index (κ2) is 3.60. The maximum atomic E-state index is 2.59. The van der Waals surface area contributed by atoms with Crippen LogP contribution in [-0.4, -0.2) is 12.3 Å². The highest BCUT2D eigenvalue weighted by atomic mass is 32.1. The Morgan fingerprint density at radius 1 is 0.917 bits per heavy atom. The second-order valence-electron chi connectivity index (χ2n) is 3.78. The Balaban J connectivity index is 2.03. The molecule has 0 nitrogen and oxygen atoms in total. The van der Waals surface area contributed by atoms with Crippen LogP contribution in [0.5, 0.6) is 0 Å². The lowest BCUT2D eigenvalue weighted by molar-refractivity contribution is 1.14. The molecule has 2 atom stereocenters. The summed E-state index contributed by atoms with van der Waals surface area (Å²) < 4.78 is 0. The molecule has 2 aliphatic rings. The first-order valence-electron chi connectivity index (χ1n) is 4.63. The molecular weight excluding hydrogens is 182 g/mol. The van der Waals surface area contributed by atoms with E-state index in [1.807, 2.05) is 0 Å². The van der Waals surface area contributed by atoms with Crippen molar-refractivity contribution >= 4 is 15.2 Å². The zero-order chi connectivity index (χ0) is 8.55. The summed E-state index contributed by atoms with van der Waals surface area (Å²) in [5.74, 6) is 5.19. The van der Waals surface area contributed by atoms with Crippen molar-refractivity contribution in [1.82, 2.24) is 0 Å². The number of rotatable bonds is 1. The van der Waals surface area contributed by atoms with Crippen molar-refractivity contribution in [2.75, 3.05) is 12.3 Å². The van der Waals surface area contributed by atoms with Gasteiger partial charge in [0.15, 0.2) is 0 Å². The van der Waals surface area contributed by atoms with E-state index in [9.17, 15) is 0 Å². The maximum absolute atomic E-state index is 2.59. The van der Waals surface area contributed by atoms with Gasteiger partial charge in [-0.1, -0.05) is 38.0 Å². The molecule has 2 aliphatic heterocycles. The van der Waals surface area contributed by atoms with Gasteiger partial charge >= 0.3 is 0 Å². The predicted octanol–water partition coefficient (Wildman–Crippen LogP) is 4.48. The molecule has 0 radical (unpaired) electrons. The van der Waals surface area contributed by atoms with Crippen molar-refractivity contribution < 1.29 is 0 Å². The molecule has 12 heavy (non-hydrogen) atoms. The van der Waals surface area contributed by atoms with Crippen molar-refractivity contribution in [3.63, 3.8) is 0 Å². The summed E-state index contributed by atoms with van der Waals surface area (Å²) in [6, 6.07) is 0. The van der Waals surface area contributed by atoms with Crippen LogP contribution in [-0.2, 0) is 0 Å². The molecule has 0 spiro atoms. The van der Waals surface area contributed by atoms with Crippen molar-refractivity contribution in [3.05, 3.63) is 22.8 Å². The van der Waals surface area contributed by atoms with E-state index in [-0.39, 0.29) is 0 Å². The van der Waals surface area contributed by atoms with E-state index in [0.29, 0.717) is 15.2 Å². The maximum Gasteiger partial charge on any atom is -0.0212 e. The fourth-order valence-corrected chi connectivity index (χ4v) is 9.48. The Hall–Kier alpha value is 0.340. The van der Waals surface area contributed by atoms with E-state index >= 15 is 0 Å². The number of hydrogen-bond donors (Lipinski definition) is 0. The fourth-order valence-electron chi connectivity index (χ4n) is 1.75. The van der Waals surface area contributed by atoms with E-state index in [0.717, 1.165) is 0 Å². The Kier molecular flexibility index (Phi) is 2.68. The van der Waals surface area contributed by atoms with Gasteiger partial charge in [0.25, 0.3) is 0 Å². The van der Waals surface area contributed by atoms with Crippen LogP contribution >= 0.6 is 15.2 Å². The van der Waals surface area contributed by atoms with Gasteiger partial charge in [-0.3, -0.25) is 0 Å². The third-order valence-corrected chi connectivity index (χ3v) is 9.91. The Labute approximate surface area is 77.5 Å². The van der Waals surface area contributed by atoms with Gasteiger partial charge in [-0.05, 0) is 39.0 Å². The third kappa shape index (κ3) is 1.81. The molecule has 0 saturated carbocycles. The van der Waals surface area contributed by atoms with Gasteiger partial charge in [-0.25, -0.2) is 0 Å². The normalized spacial score (nSPS) is 35.2. The number of hydrogen-bond acceptors (Lipinski definition) is 0. The molecule has 2 unspecified atom stereocenters. The lowest BCUT2D eigenvalue weighted by Crippen LogP contribution is -1.74. The summed E-state index contributed by atoms with van der Waals surface area (Å²) in [6.07, 6.45) is 5.77. The van der Waals surface area contributed by atoms with Crippen LogP contribution in [0.1, 0.15) is 26.7 Å². The molecule has 0 aromatic carbocycles. The van der Waals surface area contributed by atoms with Crippen LogP contribution in [0.15, 0.2) is 22.8 Å². The van der Waals surface area contributed by atoms with Crippen LogP contribution in [0, 0.1) is 0 Å². The molecule has 66 valence electrons. The lowest BCUT2D eigenvalue weighted by Gasteiger charge is -2.14. The van der Waals surface area contributed by atoms with Crippen LogP contribution in [0.4, 0.5) is 0 Å². The Morgan fingerprint density at radius 3 is 1.58 bits per heavy atom. The van der Waals surface area contributed by atoms with Crippen molar-refractivity contribution in [2.45, 2.75) is 26.7 Å². The van der Waals surface area contributed by atoms with Gasteiger partial charge in [0.1, 0.15) is 0 Å². The SMILES string of the molecule is CC1=CP(P2C=C(C)CC2)CC1. The van der Waals surface area contributed by atoms with Gasteiger partial charge in [-0.15, -0.1) is 0 Å². The van der Waals surface area contributed by atoms with Gasteiger partial charge in [0.05, 0.1) is 0 Å². The summed E-state index contributed by atoms with van der Waals surface area (Å²) in [4.78, 5) is 0. The first kappa shape index (κ1) is 8.92. The number of allylic oxidation sites excluding steroid dienone is 2. The van der Waals surface area contributed by atoms with Crippen LogP contribution in [0.25, 0.3) is 0 Å². The van der Waals surface area contributed by atoms with Gasteiger partial charge in [0.2, 0.25) is 0 Å². The van der Waals surface area contributed by atoms with Crippen LogP contribution in [0.2, 0.25) is 0 Å². The molecule has 2 rings (SSSR count). The van der Waals surface area contributed by atoms with E-state index in [1.165, 1.54) is 25.2 Å². The molecule has 0 saturated heterocycles. The van der Waals surface area contributed by atoms with Crippen molar-refractivity contribution in [2.24, 2.45) is 0 Å². The minimum Gasteiger partial charge on any atom is -0.0721 e. The summed E-state index contributed by atoms with van der Waals surface area (Å²) in [7, 11) is 0.628. The minimum absolute atomic E-state index is 0.314. The first-order chi connectivity index (χ1) is 5.75. The highest BCUT2D eigenvalue weighted by Crippen LogP contribution is 2.75. The summed E-state index contributed by atoms with van der Waals surface area (Å²) in [6.45, 7) is 4.59. The minimum atomic E-state index is 0.314. The monoisotopic (exact) mass is 198 g/mol. The van der Waals surface area contributed by atoms with E-state index in [1.54, 1.807) is 11.1 Å². The second-order valence-corrected chi connectivity index (χ2v) is 10.0. The average Bonchev–Trinajstić information content (AvgIpc) is 2.58. The fraction of sp³-hybridized carbons (Fsp3) is 0.600. The quantitative estimate of drug-likeness (QED) is 0.545. The molecule has 2 heterocycles. The molecule has 0 bridgehead atoms.